The molecule has 3 aromatic rings. The van der Waals surface area contributed by atoms with E-state index in [1.807, 2.05) is 62.4 Å². The Hall–Kier alpha value is -2.87. The summed E-state index contributed by atoms with van der Waals surface area (Å²) in [5.74, 6) is 1.46. The van der Waals surface area contributed by atoms with E-state index in [0.717, 1.165) is 28.0 Å². The SMILES string of the molecule is Cc1cc(C)c(C(=O)/C=C/c2ccc(-c3ccccc3)o2)cc1C. The maximum atomic E-state index is 12.5. The molecular formula is C22H20O2. The maximum absolute atomic E-state index is 12.5. The van der Waals surface area contributed by atoms with Crippen molar-refractivity contribution < 1.29 is 9.21 Å². The second-order valence-corrected chi connectivity index (χ2v) is 6.02. The zero-order valence-electron chi connectivity index (χ0n) is 14.2. The van der Waals surface area contributed by atoms with E-state index in [-0.39, 0.29) is 5.78 Å². The van der Waals surface area contributed by atoms with Crippen molar-refractivity contribution in [2.45, 2.75) is 20.8 Å². The van der Waals surface area contributed by atoms with Crippen LogP contribution in [0.2, 0.25) is 0 Å². The van der Waals surface area contributed by atoms with Gasteiger partial charge in [-0.05, 0) is 67.8 Å². The Bertz CT molecular complexity index is 899. The molecule has 0 saturated heterocycles. The molecule has 0 spiro atoms. The number of carbonyl (C=O) groups is 1. The summed E-state index contributed by atoms with van der Waals surface area (Å²) in [7, 11) is 0. The fourth-order valence-electron chi connectivity index (χ4n) is 2.67. The van der Waals surface area contributed by atoms with E-state index in [1.54, 1.807) is 12.2 Å². The third kappa shape index (κ3) is 3.38. The monoisotopic (exact) mass is 316 g/mol. The number of furan rings is 1. The van der Waals surface area contributed by atoms with Crippen molar-refractivity contribution >= 4 is 11.9 Å². The Morgan fingerprint density at radius 3 is 2.33 bits per heavy atom. The number of hydrogen-bond acceptors (Lipinski definition) is 2. The summed E-state index contributed by atoms with van der Waals surface area (Å²) in [6.45, 7) is 6.04. The molecule has 2 heteroatoms. The molecule has 0 N–H and O–H groups in total. The van der Waals surface area contributed by atoms with Gasteiger partial charge in [0.25, 0.3) is 0 Å². The summed E-state index contributed by atoms with van der Waals surface area (Å²) >= 11 is 0. The average Bonchev–Trinajstić information content (AvgIpc) is 3.06. The van der Waals surface area contributed by atoms with Gasteiger partial charge >= 0.3 is 0 Å². The van der Waals surface area contributed by atoms with Crippen molar-refractivity contribution in [3.8, 4) is 11.3 Å². The Morgan fingerprint density at radius 1 is 0.875 bits per heavy atom. The Kier molecular flexibility index (Phi) is 4.48. The molecule has 1 aromatic heterocycles. The number of hydrogen-bond donors (Lipinski definition) is 0. The minimum Gasteiger partial charge on any atom is -0.457 e. The molecule has 0 amide bonds. The topological polar surface area (TPSA) is 30.2 Å². The Morgan fingerprint density at radius 2 is 1.58 bits per heavy atom. The third-order valence-corrected chi connectivity index (χ3v) is 4.19. The molecule has 120 valence electrons. The lowest BCUT2D eigenvalue weighted by Crippen LogP contribution is -1.99. The van der Waals surface area contributed by atoms with E-state index >= 15 is 0 Å². The van der Waals surface area contributed by atoms with Gasteiger partial charge in [-0.25, -0.2) is 0 Å². The van der Waals surface area contributed by atoms with Crippen LogP contribution in [-0.4, -0.2) is 5.78 Å². The van der Waals surface area contributed by atoms with Gasteiger partial charge in [0.15, 0.2) is 5.78 Å². The van der Waals surface area contributed by atoms with E-state index in [2.05, 4.69) is 13.0 Å². The van der Waals surface area contributed by atoms with Gasteiger partial charge in [-0.3, -0.25) is 4.79 Å². The van der Waals surface area contributed by atoms with Crippen molar-refractivity contribution in [2.75, 3.05) is 0 Å². The van der Waals surface area contributed by atoms with Gasteiger partial charge in [0.2, 0.25) is 0 Å². The third-order valence-electron chi connectivity index (χ3n) is 4.19. The zero-order valence-corrected chi connectivity index (χ0v) is 14.2. The lowest BCUT2D eigenvalue weighted by molar-refractivity contribution is 0.104. The normalized spacial score (nSPS) is 11.1. The summed E-state index contributed by atoms with van der Waals surface area (Å²) in [4.78, 5) is 12.5. The molecular weight excluding hydrogens is 296 g/mol. The Labute approximate surface area is 142 Å². The van der Waals surface area contributed by atoms with E-state index in [4.69, 9.17) is 4.42 Å². The van der Waals surface area contributed by atoms with Crippen LogP contribution >= 0.6 is 0 Å². The number of benzene rings is 2. The first-order chi connectivity index (χ1) is 11.5. The molecule has 0 fully saturated rings. The van der Waals surface area contributed by atoms with Crippen LogP contribution in [0, 0.1) is 20.8 Å². The molecule has 0 unspecified atom stereocenters. The first kappa shape index (κ1) is 16.0. The number of carbonyl (C=O) groups excluding carboxylic acids is 1. The molecule has 0 radical (unpaired) electrons. The Balaban J connectivity index is 1.80. The number of ketones is 1. The van der Waals surface area contributed by atoms with Crippen LogP contribution in [0.3, 0.4) is 0 Å². The van der Waals surface area contributed by atoms with E-state index in [9.17, 15) is 4.79 Å². The highest BCUT2D eigenvalue weighted by atomic mass is 16.3. The van der Waals surface area contributed by atoms with Crippen molar-refractivity contribution in [3.05, 3.63) is 88.7 Å². The van der Waals surface area contributed by atoms with E-state index in [1.165, 1.54) is 5.56 Å². The van der Waals surface area contributed by atoms with Gasteiger partial charge < -0.3 is 4.42 Å². The molecule has 3 rings (SSSR count). The van der Waals surface area contributed by atoms with E-state index < -0.39 is 0 Å². The largest absolute Gasteiger partial charge is 0.457 e. The quantitative estimate of drug-likeness (QED) is 0.452. The van der Waals surface area contributed by atoms with Gasteiger partial charge in [-0.2, -0.15) is 0 Å². The molecule has 2 aromatic carbocycles. The number of rotatable bonds is 4. The summed E-state index contributed by atoms with van der Waals surface area (Å²) in [6.07, 6.45) is 3.30. The van der Waals surface area contributed by atoms with Crippen LogP contribution in [0.5, 0.6) is 0 Å². The van der Waals surface area contributed by atoms with Gasteiger partial charge in [0.05, 0.1) is 0 Å². The highest BCUT2D eigenvalue weighted by Crippen LogP contribution is 2.23. The van der Waals surface area contributed by atoms with Crippen LogP contribution < -0.4 is 0 Å². The molecule has 0 saturated carbocycles. The minimum absolute atomic E-state index is 0.00624. The lowest BCUT2D eigenvalue weighted by atomic mass is 9.98. The predicted molar refractivity (Wildman–Crippen MR) is 98.2 cm³/mol. The summed E-state index contributed by atoms with van der Waals surface area (Å²) in [5, 5.41) is 0. The molecule has 0 atom stereocenters. The van der Waals surface area contributed by atoms with Crippen LogP contribution in [0.25, 0.3) is 17.4 Å². The van der Waals surface area contributed by atoms with Gasteiger partial charge in [0, 0.05) is 11.1 Å². The number of aryl methyl sites for hydroxylation is 3. The molecule has 2 nitrogen and oxygen atoms in total. The summed E-state index contributed by atoms with van der Waals surface area (Å²) in [6, 6.07) is 17.7. The van der Waals surface area contributed by atoms with Crippen molar-refractivity contribution in [3.63, 3.8) is 0 Å². The van der Waals surface area contributed by atoms with Crippen molar-refractivity contribution in [2.24, 2.45) is 0 Å². The van der Waals surface area contributed by atoms with Crippen LogP contribution in [0.15, 0.2) is 65.1 Å². The highest BCUT2D eigenvalue weighted by molar-refractivity contribution is 6.07. The molecule has 0 aliphatic rings. The lowest BCUT2D eigenvalue weighted by Gasteiger charge is -2.06. The second-order valence-electron chi connectivity index (χ2n) is 6.02. The fraction of sp³-hybridized carbons (Fsp3) is 0.136. The van der Waals surface area contributed by atoms with Crippen LogP contribution in [0.4, 0.5) is 0 Å². The van der Waals surface area contributed by atoms with Gasteiger partial charge in [-0.1, -0.05) is 36.4 Å². The predicted octanol–water partition coefficient (Wildman–Crippen LogP) is 5.77. The summed E-state index contributed by atoms with van der Waals surface area (Å²) < 4.78 is 5.79. The number of allylic oxidation sites excluding steroid dienone is 1. The fourth-order valence-corrected chi connectivity index (χ4v) is 2.67. The molecule has 0 aliphatic heterocycles. The standard InChI is InChI=1S/C22H20O2/c1-15-13-17(3)20(14-16(15)2)21(23)11-9-19-10-12-22(24-19)18-7-5-4-6-8-18/h4-14H,1-3H3/b11-9+. The first-order valence-electron chi connectivity index (χ1n) is 8.00. The van der Waals surface area contributed by atoms with Crippen LogP contribution in [-0.2, 0) is 0 Å². The molecule has 0 bridgehead atoms. The molecule has 1 heterocycles. The minimum atomic E-state index is -0.00624. The van der Waals surface area contributed by atoms with E-state index in [0.29, 0.717) is 5.76 Å². The second kappa shape index (κ2) is 6.71. The molecule has 24 heavy (non-hydrogen) atoms. The zero-order chi connectivity index (χ0) is 17.1. The maximum Gasteiger partial charge on any atom is 0.186 e. The highest BCUT2D eigenvalue weighted by Gasteiger charge is 2.08. The summed E-state index contributed by atoms with van der Waals surface area (Å²) in [5.41, 5.74) is 5.09. The average molecular weight is 316 g/mol. The molecule has 0 aliphatic carbocycles. The van der Waals surface area contributed by atoms with Gasteiger partial charge in [-0.15, -0.1) is 0 Å². The smallest absolute Gasteiger partial charge is 0.186 e. The first-order valence-corrected chi connectivity index (χ1v) is 8.00. The van der Waals surface area contributed by atoms with Crippen LogP contribution in [0.1, 0.15) is 32.8 Å². The van der Waals surface area contributed by atoms with Gasteiger partial charge in [0.1, 0.15) is 11.5 Å². The van der Waals surface area contributed by atoms with Crippen molar-refractivity contribution in [1.29, 1.82) is 0 Å². The van der Waals surface area contributed by atoms with Crippen molar-refractivity contribution in [1.82, 2.24) is 0 Å².